The lowest BCUT2D eigenvalue weighted by Gasteiger charge is -2.28. The maximum Gasteiger partial charge on any atom is 0.414 e. The Morgan fingerprint density at radius 2 is 1.93 bits per heavy atom. The van der Waals surface area contributed by atoms with E-state index >= 15 is 0 Å². The molecule has 1 saturated carbocycles. The second-order valence-corrected chi connectivity index (χ2v) is 7.20. The summed E-state index contributed by atoms with van der Waals surface area (Å²) < 4.78 is 17.9. The Morgan fingerprint density at radius 1 is 1.19 bits per heavy atom. The second-order valence-electron chi connectivity index (χ2n) is 7.20. The molecule has 0 radical (unpaired) electrons. The summed E-state index contributed by atoms with van der Waals surface area (Å²) in [5.41, 5.74) is 2.64. The van der Waals surface area contributed by atoms with Gasteiger partial charge in [0.05, 0.1) is 29.6 Å². The molecule has 0 N–H and O–H groups in total. The van der Waals surface area contributed by atoms with Gasteiger partial charge in [-0.3, -0.25) is 14.7 Å². The summed E-state index contributed by atoms with van der Waals surface area (Å²) in [6.45, 7) is 0.606. The zero-order chi connectivity index (χ0) is 19.0. The number of hydrogen-bond acceptors (Lipinski definition) is 4. The lowest BCUT2D eigenvalue weighted by Crippen LogP contribution is -2.36. The molecule has 1 fully saturated rings. The maximum atomic E-state index is 13.1. The van der Waals surface area contributed by atoms with Crippen molar-refractivity contribution in [1.82, 2.24) is 4.98 Å². The molecule has 4 rings (SSSR count). The van der Waals surface area contributed by atoms with E-state index in [1.807, 2.05) is 12.1 Å². The first-order chi connectivity index (χ1) is 13.0. The van der Waals surface area contributed by atoms with Crippen molar-refractivity contribution in [3.8, 4) is 0 Å². The molecule has 140 valence electrons. The van der Waals surface area contributed by atoms with Crippen molar-refractivity contribution in [2.24, 2.45) is 0 Å². The third-order valence-corrected chi connectivity index (χ3v) is 5.48. The third-order valence-electron chi connectivity index (χ3n) is 5.48. The number of aryl methyl sites for hydroxylation is 1. The predicted octanol–water partition coefficient (Wildman–Crippen LogP) is 3.58. The van der Waals surface area contributed by atoms with E-state index in [4.69, 9.17) is 9.72 Å². The summed E-state index contributed by atoms with van der Waals surface area (Å²) in [4.78, 5) is 31.3. The standard InChI is InChI=1S/C21H21FN2O3/c1-27-20(26)24-12-2-3-16-17(24)8-9-18(23-16)21(10-11-21)19(25)13-14-4-6-15(22)7-5-14/h4-9H,2-3,10-13H2,1H3. The Hall–Kier alpha value is -2.76. The van der Waals surface area contributed by atoms with Crippen molar-refractivity contribution in [1.29, 1.82) is 0 Å². The normalized spacial score (nSPS) is 17.2. The molecule has 0 unspecified atom stereocenters. The lowest BCUT2D eigenvalue weighted by molar-refractivity contribution is -0.120. The van der Waals surface area contributed by atoms with Crippen LogP contribution in [-0.2, 0) is 27.8 Å². The smallest absolute Gasteiger partial charge is 0.414 e. The number of nitrogens with zero attached hydrogens (tertiary/aromatic N) is 2. The molecule has 5 nitrogen and oxygen atoms in total. The minimum absolute atomic E-state index is 0.113. The summed E-state index contributed by atoms with van der Waals surface area (Å²) in [6, 6.07) is 9.78. The highest BCUT2D eigenvalue weighted by atomic mass is 19.1. The van der Waals surface area contributed by atoms with Crippen LogP contribution in [0.3, 0.4) is 0 Å². The van der Waals surface area contributed by atoms with Gasteiger partial charge in [0.2, 0.25) is 0 Å². The largest absolute Gasteiger partial charge is 0.452 e. The summed E-state index contributed by atoms with van der Waals surface area (Å²) in [5, 5.41) is 0. The Kier molecular flexibility index (Phi) is 4.42. The number of Topliss-reactive ketones (excluding diaryl/α,β-unsaturated/α-hetero) is 1. The quantitative estimate of drug-likeness (QED) is 0.828. The van der Waals surface area contributed by atoms with E-state index < -0.39 is 5.41 Å². The molecule has 1 aromatic carbocycles. The summed E-state index contributed by atoms with van der Waals surface area (Å²) >= 11 is 0. The number of hydrogen-bond donors (Lipinski definition) is 0. The molecule has 0 saturated heterocycles. The number of ether oxygens (including phenoxy) is 1. The number of rotatable bonds is 4. The first kappa shape index (κ1) is 17.6. The Labute approximate surface area is 157 Å². The first-order valence-corrected chi connectivity index (χ1v) is 9.17. The number of methoxy groups -OCH3 is 1. The zero-order valence-corrected chi connectivity index (χ0v) is 15.2. The SMILES string of the molecule is COC(=O)N1CCCc2nc(C3(C(=O)Cc4ccc(F)cc4)CC3)ccc21. The van der Waals surface area contributed by atoms with Crippen LogP contribution in [0.25, 0.3) is 0 Å². The van der Waals surface area contributed by atoms with Crippen LogP contribution in [0.1, 0.15) is 36.2 Å². The monoisotopic (exact) mass is 368 g/mol. The van der Waals surface area contributed by atoms with Crippen LogP contribution in [0.15, 0.2) is 36.4 Å². The van der Waals surface area contributed by atoms with E-state index in [1.165, 1.54) is 19.2 Å². The number of ketones is 1. The van der Waals surface area contributed by atoms with E-state index in [9.17, 15) is 14.0 Å². The third kappa shape index (κ3) is 3.20. The highest BCUT2D eigenvalue weighted by molar-refractivity contribution is 5.94. The van der Waals surface area contributed by atoms with Crippen LogP contribution in [0.2, 0.25) is 0 Å². The van der Waals surface area contributed by atoms with Crippen LogP contribution in [0.5, 0.6) is 0 Å². The summed E-state index contributed by atoms with van der Waals surface area (Å²) in [7, 11) is 1.37. The number of benzene rings is 1. The van der Waals surface area contributed by atoms with Gasteiger partial charge >= 0.3 is 6.09 Å². The van der Waals surface area contributed by atoms with Crippen molar-refractivity contribution in [2.75, 3.05) is 18.6 Å². The molecule has 0 spiro atoms. The molecule has 0 bridgehead atoms. The molecule has 1 amide bonds. The van der Waals surface area contributed by atoms with Gasteiger partial charge in [0.25, 0.3) is 0 Å². The Morgan fingerprint density at radius 3 is 2.59 bits per heavy atom. The molecule has 1 aromatic heterocycles. The fourth-order valence-corrected chi connectivity index (χ4v) is 3.77. The van der Waals surface area contributed by atoms with Crippen molar-refractivity contribution in [3.05, 3.63) is 59.2 Å². The van der Waals surface area contributed by atoms with E-state index in [0.717, 1.165) is 48.3 Å². The van der Waals surface area contributed by atoms with Gasteiger partial charge < -0.3 is 4.74 Å². The van der Waals surface area contributed by atoms with Gasteiger partial charge in [0.1, 0.15) is 11.6 Å². The lowest BCUT2D eigenvalue weighted by atomic mass is 9.90. The van der Waals surface area contributed by atoms with Gasteiger partial charge in [-0.05, 0) is 55.5 Å². The molecule has 1 aliphatic carbocycles. The zero-order valence-electron chi connectivity index (χ0n) is 15.2. The molecule has 2 heterocycles. The molecule has 6 heteroatoms. The number of pyridine rings is 1. The Bertz CT molecular complexity index is 891. The number of halogens is 1. The maximum absolute atomic E-state index is 13.1. The highest BCUT2D eigenvalue weighted by Gasteiger charge is 2.52. The van der Waals surface area contributed by atoms with Crippen molar-refractivity contribution in [2.45, 2.75) is 37.5 Å². The Balaban J connectivity index is 1.58. The van der Waals surface area contributed by atoms with E-state index in [-0.39, 0.29) is 24.1 Å². The number of carbonyl (C=O) groups is 2. The van der Waals surface area contributed by atoms with Crippen LogP contribution in [0, 0.1) is 5.82 Å². The van der Waals surface area contributed by atoms with E-state index in [1.54, 1.807) is 17.0 Å². The number of aromatic nitrogens is 1. The van der Waals surface area contributed by atoms with Crippen molar-refractivity contribution < 1.29 is 18.7 Å². The van der Waals surface area contributed by atoms with Crippen LogP contribution in [0.4, 0.5) is 14.9 Å². The summed E-state index contributed by atoms with van der Waals surface area (Å²) in [5.74, 6) is -0.193. The molecular weight excluding hydrogens is 347 g/mol. The van der Waals surface area contributed by atoms with E-state index in [2.05, 4.69) is 0 Å². The molecule has 2 aromatic rings. The van der Waals surface area contributed by atoms with Crippen molar-refractivity contribution >= 4 is 17.6 Å². The molecule has 27 heavy (non-hydrogen) atoms. The minimum Gasteiger partial charge on any atom is -0.452 e. The summed E-state index contributed by atoms with van der Waals surface area (Å²) in [6.07, 6.45) is 3.03. The molecular formula is C21H21FN2O3. The van der Waals surface area contributed by atoms with Gasteiger partial charge in [-0.15, -0.1) is 0 Å². The topological polar surface area (TPSA) is 59.5 Å². The molecule has 2 aliphatic rings. The van der Waals surface area contributed by atoms with Gasteiger partial charge in [-0.1, -0.05) is 12.1 Å². The fraction of sp³-hybridized carbons (Fsp3) is 0.381. The molecule has 0 atom stereocenters. The number of carbonyl (C=O) groups excluding carboxylic acids is 2. The number of fused-ring (bicyclic) bond motifs is 1. The predicted molar refractivity (Wildman–Crippen MR) is 98.3 cm³/mol. The second kappa shape index (κ2) is 6.76. The number of amides is 1. The average Bonchev–Trinajstić information content (AvgIpc) is 3.50. The van der Waals surface area contributed by atoms with Gasteiger partial charge in [0, 0.05) is 13.0 Å². The number of anilines is 1. The van der Waals surface area contributed by atoms with E-state index in [0.29, 0.717) is 6.54 Å². The van der Waals surface area contributed by atoms with Gasteiger partial charge in [0.15, 0.2) is 0 Å². The highest BCUT2D eigenvalue weighted by Crippen LogP contribution is 2.49. The van der Waals surface area contributed by atoms with Gasteiger partial charge in [-0.2, -0.15) is 0 Å². The van der Waals surface area contributed by atoms with Crippen LogP contribution >= 0.6 is 0 Å². The van der Waals surface area contributed by atoms with Crippen LogP contribution in [-0.4, -0.2) is 30.5 Å². The first-order valence-electron chi connectivity index (χ1n) is 9.17. The van der Waals surface area contributed by atoms with Crippen LogP contribution < -0.4 is 4.90 Å². The fourth-order valence-electron chi connectivity index (χ4n) is 3.77. The average molecular weight is 368 g/mol. The van der Waals surface area contributed by atoms with Gasteiger partial charge in [-0.25, -0.2) is 9.18 Å². The molecule has 1 aliphatic heterocycles. The minimum atomic E-state index is -0.545. The van der Waals surface area contributed by atoms with Crippen molar-refractivity contribution in [3.63, 3.8) is 0 Å².